The number of hydrogen-bond donors (Lipinski definition) is 2. The summed E-state index contributed by atoms with van der Waals surface area (Å²) in [6, 6.07) is 18.1. The van der Waals surface area contributed by atoms with Crippen molar-refractivity contribution in [2.24, 2.45) is 5.10 Å². The molecule has 0 aliphatic rings. The predicted molar refractivity (Wildman–Crippen MR) is 130 cm³/mol. The molecule has 0 bridgehead atoms. The molecular weight excluding hydrogens is 458 g/mol. The standard InChI is InChI=1S/C25H22ClN3O5/c1-3-33-22-14-17(7-12-21(22)34-25(32)18-8-10-19(26)11-9-18)15-27-29-24(31)23(30)28-20-6-4-5-16(2)13-20/h4-15H,3H2,1-2H3,(H,28,30)(H,29,31). The highest BCUT2D eigenvalue weighted by Gasteiger charge is 2.14. The first kappa shape index (κ1) is 24.5. The number of esters is 1. The zero-order chi connectivity index (χ0) is 24.5. The van der Waals surface area contributed by atoms with Crippen molar-refractivity contribution in [2.45, 2.75) is 13.8 Å². The van der Waals surface area contributed by atoms with Gasteiger partial charge in [-0.25, -0.2) is 10.2 Å². The largest absolute Gasteiger partial charge is 0.490 e. The Kier molecular flexibility index (Phi) is 8.37. The van der Waals surface area contributed by atoms with Crippen molar-refractivity contribution in [3.63, 3.8) is 0 Å². The Bertz CT molecular complexity index is 1230. The van der Waals surface area contributed by atoms with Gasteiger partial charge in [0, 0.05) is 10.7 Å². The lowest BCUT2D eigenvalue weighted by atomic mass is 10.2. The van der Waals surface area contributed by atoms with Crippen LogP contribution in [0.5, 0.6) is 11.5 Å². The Balaban J connectivity index is 1.63. The predicted octanol–water partition coefficient (Wildman–Crippen LogP) is 4.36. The fourth-order valence-electron chi connectivity index (χ4n) is 2.83. The zero-order valence-electron chi connectivity index (χ0n) is 18.5. The Hall–Kier alpha value is -4.17. The second-order valence-electron chi connectivity index (χ2n) is 7.06. The van der Waals surface area contributed by atoms with Crippen LogP contribution in [0.15, 0.2) is 71.8 Å². The van der Waals surface area contributed by atoms with E-state index in [-0.39, 0.29) is 5.75 Å². The first-order chi connectivity index (χ1) is 16.4. The van der Waals surface area contributed by atoms with E-state index in [9.17, 15) is 14.4 Å². The molecule has 0 fully saturated rings. The van der Waals surface area contributed by atoms with Crippen molar-refractivity contribution in [2.75, 3.05) is 11.9 Å². The molecule has 0 unspecified atom stereocenters. The molecule has 0 saturated heterocycles. The van der Waals surface area contributed by atoms with Gasteiger partial charge in [0.15, 0.2) is 11.5 Å². The molecule has 2 amide bonds. The van der Waals surface area contributed by atoms with Gasteiger partial charge in [-0.1, -0.05) is 23.7 Å². The van der Waals surface area contributed by atoms with Gasteiger partial charge in [-0.05, 0) is 79.6 Å². The lowest BCUT2D eigenvalue weighted by Crippen LogP contribution is -2.32. The van der Waals surface area contributed by atoms with Gasteiger partial charge in [-0.2, -0.15) is 5.10 Å². The molecule has 8 nitrogen and oxygen atoms in total. The molecule has 0 heterocycles. The van der Waals surface area contributed by atoms with Crippen LogP contribution in [0.4, 0.5) is 5.69 Å². The lowest BCUT2D eigenvalue weighted by molar-refractivity contribution is -0.136. The third-order valence-corrected chi connectivity index (χ3v) is 4.66. The average molecular weight is 480 g/mol. The maximum absolute atomic E-state index is 12.4. The molecule has 0 saturated carbocycles. The summed E-state index contributed by atoms with van der Waals surface area (Å²) in [5, 5.41) is 6.82. The van der Waals surface area contributed by atoms with Gasteiger partial charge in [0.1, 0.15) is 0 Å². The monoisotopic (exact) mass is 479 g/mol. The van der Waals surface area contributed by atoms with E-state index < -0.39 is 17.8 Å². The second-order valence-corrected chi connectivity index (χ2v) is 7.49. The van der Waals surface area contributed by atoms with Crippen molar-refractivity contribution in [1.29, 1.82) is 0 Å². The van der Waals surface area contributed by atoms with Gasteiger partial charge in [-0.3, -0.25) is 9.59 Å². The number of rotatable bonds is 7. The second kappa shape index (κ2) is 11.6. The number of hydrazone groups is 1. The summed E-state index contributed by atoms with van der Waals surface area (Å²) >= 11 is 5.85. The lowest BCUT2D eigenvalue weighted by Gasteiger charge is -2.11. The average Bonchev–Trinajstić information content (AvgIpc) is 2.81. The van der Waals surface area contributed by atoms with E-state index in [2.05, 4.69) is 15.8 Å². The normalized spacial score (nSPS) is 10.6. The van der Waals surface area contributed by atoms with Crippen molar-refractivity contribution < 1.29 is 23.9 Å². The summed E-state index contributed by atoms with van der Waals surface area (Å²) in [5.74, 6) is -1.79. The van der Waals surface area contributed by atoms with Gasteiger partial charge in [0.2, 0.25) is 0 Å². The number of hydrogen-bond acceptors (Lipinski definition) is 6. The molecule has 34 heavy (non-hydrogen) atoms. The van der Waals surface area contributed by atoms with Crippen molar-refractivity contribution in [1.82, 2.24) is 5.43 Å². The fraction of sp³-hybridized carbons (Fsp3) is 0.120. The van der Waals surface area contributed by atoms with Crippen LogP contribution >= 0.6 is 11.6 Å². The molecule has 0 aromatic heterocycles. The molecule has 3 rings (SSSR count). The number of nitrogens with one attached hydrogen (secondary N) is 2. The number of carbonyl (C=O) groups excluding carboxylic acids is 3. The van der Waals surface area contributed by atoms with Gasteiger partial charge >= 0.3 is 17.8 Å². The highest BCUT2D eigenvalue weighted by Crippen LogP contribution is 2.29. The molecule has 174 valence electrons. The molecule has 2 N–H and O–H groups in total. The molecular formula is C25H22ClN3O5. The van der Waals surface area contributed by atoms with Crippen LogP contribution in [-0.4, -0.2) is 30.6 Å². The minimum Gasteiger partial charge on any atom is -0.490 e. The van der Waals surface area contributed by atoms with E-state index in [4.69, 9.17) is 21.1 Å². The number of amides is 2. The Morgan fingerprint density at radius 3 is 2.44 bits per heavy atom. The third-order valence-electron chi connectivity index (χ3n) is 4.41. The smallest absolute Gasteiger partial charge is 0.343 e. The quantitative estimate of drug-likeness (QED) is 0.172. The van der Waals surface area contributed by atoms with E-state index in [1.807, 2.05) is 13.0 Å². The number of halogens is 1. The summed E-state index contributed by atoms with van der Waals surface area (Å²) in [7, 11) is 0. The molecule has 0 spiro atoms. The number of anilines is 1. The van der Waals surface area contributed by atoms with Crippen LogP contribution in [0.1, 0.15) is 28.4 Å². The van der Waals surface area contributed by atoms with Gasteiger partial charge in [0.05, 0.1) is 18.4 Å². The summed E-state index contributed by atoms with van der Waals surface area (Å²) in [6.07, 6.45) is 1.34. The highest BCUT2D eigenvalue weighted by atomic mass is 35.5. The Morgan fingerprint density at radius 1 is 0.971 bits per heavy atom. The highest BCUT2D eigenvalue weighted by molar-refractivity contribution is 6.39. The van der Waals surface area contributed by atoms with Crippen LogP contribution < -0.4 is 20.2 Å². The van der Waals surface area contributed by atoms with Gasteiger partial charge < -0.3 is 14.8 Å². The molecule has 0 radical (unpaired) electrons. The van der Waals surface area contributed by atoms with E-state index in [1.54, 1.807) is 67.6 Å². The van der Waals surface area contributed by atoms with Crippen molar-refractivity contribution in [3.8, 4) is 11.5 Å². The first-order valence-electron chi connectivity index (χ1n) is 10.3. The summed E-state index contributed by atoms with van der Waals surface area (Å²) in [5.41, 5.74) is 4.52. The van der Waals surface area contributed by atoms with Crippen LogP contribution in [-0.2, 0) is 9.59 Å². The number of carbonyl (C=O) groups is 3. The van der Waals surface area contributed by atoms with Gasteiger partial charge in [0.25, 0.3) is 0 Å². The van der Waals surface area contributed by atoms with Gasteiger partial charge in [-0.15, -0.1) is 0 Å². The molecule has 3 aromatic rings. The van der Waals surface area contributed by atoms with Crippen molar-refractivity contribution in [3.05, 3.63) is 88.4 Å². The summed E-state index contributed by atoms with van der Waals surface area (Å²) in [6.45, 7) is 4.00. The fourth-order valence-corrected chi connectivity index (χ4v) is 2.96. The minimum atomic E-state index is -0.920. The molecule has 0 atom stereocenters. The number of nitrogens with zero attached hydrogens (tertiary/aromatic N) is 1. The summed E-state index contributed by atoms with van der Waals surface area (Å²) < 4.78 is 11.0. The van der Waals surface area contributed by atoms with E-state index in [0.29, 0.717) is 34.2 Å². The zero-order valence-corrected chi connectivity index (χ0v) is 19.3. The SMILES string of the molecule is CCOc1cc(C=NNC(=O)C(=O)Nc2cccc(C)c2)ccc1OC(=O)c1ccc(Cl)cc1. The third kappa shape index (κ3) is 6.91. The van der Waals surface area contributed by atoms with Crippen molar-refractivity contribution >= 4 is 41.3 Å². The molecule has 0 aliphatic heterocycles. The van der Waals surface area contributed by atoms with E-state index in [1.165, 1.54) is 6.21 Å². The first-order valence-corrected chi connectivity index (χ1v) is 10.7. The Labute approximate surface area is 201 Å². The van der Waals surface area contributed by atoms with E-state index in [0.717, 1.165) is 5.56 Å². The van der Waals surface area contributed by atoms with Crippen LogP contribution in [0.2, 0.25) is 5.02 Å². The van der Waals surface area contributed by atoms with Crippen LogP contribution in [0, 0.1) is 6.92 Å². The molecule has 0 aliphatic carbocycles. The van der Waals surface area contributed by atoms with Crippen LogP contribution in [0.25, 0.3) is 0 Å². The maximum atomic E-state index is 12.4. The maximum Gasteiger partial charge on any atom is 0.343 e. The number of benzene rings is 3. The minimum absolute atomic E-state index is 0.223. The van der Waals surface area contributed by atoms with E-state index >= 15 is 0 Å². The topological polar surface area (TPSA) is 106 Å². The molecule has 3 aromatic carbocycles. The molecule has 9 heteroatoms. The number of ether oxygens (including phenoxy) is 2. The Morgan fingerprint density at radius 2 is 1.74 bits per heavy atom. The summed E-state index contributed by atoms with van der Waals surface area (Å²) in [4.78, 5) is 36.4. The number of aryl methyl sites for hydroxylation is 1. The van der Waals surface area contributed by atoms with Crippen LogP contribution in [0.3, 0.4) is 0 Å².